The number of hydrogen-bond donors (Lipinski definition) is 0. The van der Waals surface area contributed by atoms with E-state index in [1.165, 1.54) is 53.4 Å². The number of benzene rings is 2. The fourth-order valence-electron chi connectivity index (χ4n) is 3.68. The summed E-state index contributed by atoms with van der Waals surface area (Å²) in [5, 5.41) is 0.606. The maximum Gasteiger partial charge on any atom is 0.416 e. The number of halogens is 3. The van der Waals surface area contributed by atoms with E-state index < -0.39 is 27.1 Å². The third-order valence-electron chi connectivity index (χ3n) is 5.50. The summed E-state index contributed by atoms with van der Waals surface area (Å²) in [5.74, 6) is 0.158. The van der Waals surface area contributed by atoms with Crippen molar-refractivity contribution in [1.29, 1.82) is 0 Å². The van der Waals surface area contributed by atoms with Crippen molar-refractivity contribution < 1.29 is 26.0 Å². The minimum Gasteiger partial charge on any atom is -0.434 e. The summed E-state index contributed by atoms with van der Waals surface area (Å²) in [6.45, 7) is 0. The van der Waals surface area contributed by atoms with Crippen molar-refractivity contribution in [1.82, 2.24) is 14.5 Å². The van der Waals surface area contributed by atoms with Crippen LogP contribution in [0.1, 0.15) is 5.56 Å². The van der Waals surface area contributed by atoms with Gasteiger partial charge < -0.3 is 4.42 Å². The van der Waals surface area contributed by atoms with Crippen molar-refractivity contribution in [2.24, 2.45) is 0 Å². The molecular weight excluding hydrogens is 495 g/mol. The van der Waals surface area contributed by atoms with Crippen LogP contribution in [-0.4, -0.2) is 29.2 Å². The summed E-state index contributed by atoms with van der Waals surface area (Å²) in [7, 11) is -3.43. The number of pyridine rings is 2. The van der Waals surface area contributed by atoms with Crippen LogP contribution in [0.15, 0.2) is 93.2 Å². The molecule has 7 nitrogen and oxygen atoms in total. The van der Waals surface area contributed by atoms with Crippen molar-refractivity contribution in [3.8, 4) is 28.6 Å². The Labute approximate surface area is 202 Å². The summed E-state index contributed by atoms with van der Waals surface area (Å²) in [5.41, 5.74) is -0.476. The molecule has 182 valence electrons. The Balaban J connectivity index is 1.70. The largest absolute Gasteiger partial charge is 0.434 e. The van der Waals surface area contributed by atoms with Gasteiger partial charge in [0.1, 0.15) is 5.52 Å². The monoisotopic (exact) mass is 511 g/mol. The van der Waals surface area contributed by atoms with E-state index in [-0.39, 0.29) is 33.4 Å². The molecular formula is C25H16F3N3O4S. The molecule has 0 unspecified atom stereocenters. The van der Waals surface area contributed by atoms with Gasteiger partial charge in [-0.3, -0.25) is 14.3 Å². The quantitative estimate of drug-likeness (QED) is 0.332. The van der Waals surface area contributed by atoms with Crippen LogP contribution in [0.3, 0.4) is 0 Å². The van der Waals surface area contributed by atoms with Gasteiger partial charge in [0.15, 0.2) is 21.4 Å². The highest BCUT2D eigenvalue weighted by molar-refractivity contribution is 7.90. The second kappa shape index (κ2) is 8.45. The van der Waals surface area contributed by atoms with E-state index in [1.807, 2.05) is 0 Å². The number of oxazole rings is 1. The standard InChI is InChI=1S/C25H16F3N3O4S/c1-36(33,34)19-10-6-17(7-11-19)23-30-22(31-14-12-15-3-2-13-29-20(15)24(31)32)21(35-23)16-4-8-18(9-5-16)25(26,27)28/h2-14H,1H3. The first kappa shape index (κ1) is 23.5. The predicted octanol–water partition coefficient (Wildman–Crippen LogP) is 5.13. The highest BCUT2D eigenvalue weighted by atomic mass is 32.2. The van der Waals surface area contributed by atoms with Gasteiger partial charge in [-0.1, -0.05) is 18.2 Å². The van der Waals surface area contributed by atoms with E-state index in [4.69, 9.17) is 4.42 Å². The number of nitrogens with zero attached hydrogens (tertiary/aromatic N) is 3. The van der Waals surface area contributed by atoms with Crippen molar-refractivity contribution >= 4 is 20.7 Å². The Hall–Kier alpha value is -4.25. The first-order chi connectivity index (χ1) is 17.0. The molecule has 3 heterocycles. The van der Waals surface area contributed by atoms with Crippen molar-refractivity contribution in [2.75, 3.05) is 6.26 Å². The third kappa shape index (κ3) is 4.29. The van der Waals surface area contributed by atoms with Gasteiger partial charge in [-0.15, -0.1) is 0 Å². The maximum absolute atomic E-state index is 13.2. The fraction of sp³-hybridized carbons (Fsp3) is 0.0800. The zero-order chi connectivity index (χ0) is 25.7. The molecule has 36 heavy (non-hydrogen) atoms. The summed E-state index contributed by atoms with van der Waals surface area (Å²) in [4.78, 5) is 21.9. The molecule has 0 aliphatic carbocycles. The smallest absolute Gasteiger partial charge is 0.416 e. The number of sulfone groups is 1. The minimum absolute atomic E-state index is 0.0490. The maximum atomic E-state index is 13.2. The van der Waals surface area contributed by atoms with E-state index in [9.17, 15) is 26.4 Å². The van der Waals surface area contributed by atoms with Crippen LogP contribution in [0.25, 0.3) is 39.5 Å². The van der Waals surface area contributed by atoms with Gasteiger partial charge in [0.25, 0.3) is 5.56 Å². The highest BCUT2D eigenvalue weighted by Gasteiger charge is 2.30. The lowest BCUT2D eigenvalue weighted by molar-refractivity contribution is -0.137. The molecule has 0 radical (unpaired) electrons. The minimum atomic E-state index is -4.52. The molecule has 0 aliphatic rings. The second-order valence-corrected chi connectivity index (χ2v) is 9.99. The first-order valence-corrected chi connectivity index (χ1v) is 12.4. The number of fused-ring (bicyclic) bond motifs is 1. The van der Waals surface area contributed by atoms with Gasteiger partial charge in [-0.2, -0.15) is 18.2 Å². The Kier molecular flexibility index (Phi) is 5.51. The number of rotatable bonds is 4. The van der Waals surface area contributed by atoms with Crippen LogP contribution >= 0.6 is 0 Å². The van der Waals surface area contributed by atoms with E-state index in [2.05, 4.69) is 9.97 Å². The normalized spacial score (nSPS) is 12.2. The van der Waals surface area contributed by atoms with E-state index in [0.29, 0.717) is 10.9 Å². The molecule has 0 fully saturated rings. The van der Waals surface area contributed by atoms with E-state index in [0.717, 1.165) is 18.4 Å². The Morgan fingerprint density at radius 3 is 2.22 bits per heavy atom. The lowest BCUT2D eigenvalue weighted by Gasteiger charge is -2.08. The van der Waals surface area contributed by atoms with Crippen LogP contribution < -0.4 is 5.56 Å². The van der Waals surface area contributed by atoms with E-state index >= 15 is 0 Å². The van der Waals surface area contributed by atoms with Crippen molar-refractivity contribution in [3.63, 3.8) is 0 Å². The van der Waals surface area contributed by atoms with Crippen LogP contribution in [0, 0.1) is 0 Å². The lowest BCUT2D eigenvalue weighted by atomic mass is 10.1. The number of aromatic nitrogens is 3. The fourth-order valence-corrected chi connectivity index (χ4v) is 4.31. The Bertz CT molecular complexity index is 1760. The average molecular weight is 511 g/mol. The molecule has 11 heteroatoms. The zero-order valence-electron chi connectivity index (χ0n) is 18.5. The van der Waals surface area contributed by atoms with Crippen molar-refractivity contribution in [2.45, 2.75) is 11.1 Å². The zero-order valence-corrected chi connectivity index (χ0v) is 19.3. The van der Waals surface area contributed by atoms with Gasteiger partial charge in [-0.05, 0) is 48.5 Å². The van der Waals surface area contributed by atoms with Gasteiger partial charge in [0, 0.05) is 35.2 Å². The van der Waals surface area contributed by atoms with Crippen LogP contribution in [0.5, 0.6) is 0 Å². The van der Waals surface area contributed by atoms with E-state index in [1.54, 1.807) is 18.2 Å². The molecule has 0 saturated heterocycles. The molecule has 0 amide bonds. The van der Waals surface area contributed by atoms with Gasteiger partial charge in [0.05, 0.1) is 10.5 Å². The molecule has 0 saturated carbocycles. The molecule has 0 N–H and O–H groups in total. The van der Waals surface area contributed by atoms with Gasteiger partial charge >= 0.3 is 6.18 Å². The summed E-state index contributed by atoms with van der Waals surface area (Å²) in [6, 6.07) is 15.1. The molecule has 0 atom stereocenters. The summed E-state index contributed by atoms with van der Waals surface area (Å²) in [6.07, 6.45) is -0.485. The highest BCUT2D eigenvalue weighted by Crippen LogP contribution is 2.35. The Morgan fingerprint density at radius 1 is 0.917 bits per heavy atom. The summed E-state index contributed by atoms with van der Waals surface area (Å²) < 4.78 is 70.0. The first-order valence-electron chi connectivity index (χ1n) is 10.5. The molecule has 0 spiro atoms. The predicted molar refractivity (Wildman–Crippen MR) is 126 cm³/mol. The number of hydrogen-bond acceptors (Lipinski definition) is 6. The van der Waals surface area contributed by atoms with Gasteiger partial charge in [0.2, 0.25) is 5.89 Å². The van der Waals surface area contributed by atoms with Crippen molar-refractivity contribution in [3.05, 3.63) is 95.0 Å². The molecule has 3 aromatic heterocycles. The average Bonchev–Trinajstić information content (AvgIpc) is 3.29. The SMILES string of the molecule is CS(=O)(=O)c1ccc(-c2nc(-n3ccc4cccnc4c3=O)c(-c3ccc(C(F)(F)F)cc3)o2)cc1. The Morgan fingerprint density at radius 2 is 1.58 bits per heavy atom. The number of alkyl halides is 3. The molecule has 0 aliphatic heterocycles. The molecule has 0 bridgehead atoms. The molecule has 5 aromatic rings. The van der Waals surface area contributed by atoms with Gasteiger partial charge in [-0.25, -0.2) is 8.42 Å². The second-order valence-electron chi connectivity index (χ2n) is 7.98. The van der Waals surface area contributed by atoms with Crippen LogP contribution in [0.4, 0.5) is 13.2 Å². The van der Waals surface area contributed by atoms with Crippen LogP contribution in [0.2, 0.25) is 0 Å². The topological polar surface area (TPSA) is 95.1 Å². The summed E-state index contributed by atoms with van der Waals surface area (Å²) >= 11 is 0. The molecule has 2 aromatic carbocycles. The molecule has 5 rings (SSSR count). The van der Waals surface area contributed by atoms with Crippen LogP contribution in [-0.2, 0) is 16.0 Å². The third-order valence-corrected chi connectivity index (χ3v) is 6.63. The lowest BCUT2D eigenvalue weighted by Crippen LogP contribution is -2.19.